The van der Waals surface area contributed by atoms with Gasteiger partial charge in [-0.25, -0.2) is 9.67 Å². The third-order valence-corrected chi connectivity index (χ3v) is 4.44. The van der Waals surface area contributed by atoms with E-state index in [9.17, 15) is 4.79 Å². The second-order valence-electron chi connectivity index (χ2n) is 6.91. The van der Waals surface area contributed by atoms with Gasteiger partial charge in [-0.15, -0.1) is 0 Å². The molecule has 29 heavy (non-hydrogen) atoms. The lowest BCUT2D eigenvalue weighted by atomic mass is 10.1. The van der Waals surface area contributed by atoms with Gasteiger partial charge in [0.2, 0.25) is 0 Å². The summed E-state index contributed by atoms with van der Waals surface area (Å²) in [4.78, 5) is 21.3. The number of hydrogen-bond donors (Lipinski definition) is 1. The second kappa shape index (κ2) is 8.05. The zero-order valence-corrected chi connectivity index (χ0v) is 16.2. The molecule has 0 saturated carbocycles. The predicted octanol–water partition coefficient (Wildman–Crippen LogP) is 3.28. The van der Waals surface area contributed by atoms with E-state index in [1.165, 1.54) is 0 Å². The Bertz CT molecular complexity index is 1100. The summed E-state index contributed by atoms with van der Waals surface area (Å²) >= 11 is 0. The number of pyridine rings is 2. The number of aromatic nitrogens is 6. The van der Waals surface area contributed by atoms with Crippen LogP contribution in [0.25, 0.3) is 5.82 Å². The maximum Gasteiger partial charge on any atom is 0.260 e. The Morgan fingerprint density at radius 1 is 1.10 bits per heavy atom. The SMILES string of the molecule is CC(C)c1c(C(=O)Nc2ccn(Cc3ccncc3)n2)cnn1-c1ccccn1. The van der Waals surface area contributed by atoms with Crippen LogP contribution in [0.3, 0.4) is 0 Å². The molecule has 0 radical (unpaired) electrons. The van der Waals surface area contributed by atoms with Crippen LogP contribution in [-0.2, 0) is 6.54 Å². The molecule has 4 aromatic rings. The smallest absolute Gasteiger partial charge is 0.260 e. The Morgan fingerprint density at radius 3 is 2.66 bits per heavy atom. The van der Waals surface area contributed by atoms with Gasteiger partial charge in [0.25, 0.3) is 5.91 Å². The summed E-state index contributed by atoms with van der Waals surface area (Å²) in [7, 11) is 0. The number of amides is 1. The first-order chi connectivity index (χ1) is 14.1. The molecule has 8 nitrogen and oxygen atoms in total. The van der Waals surface area contributed by atoms with Gasteiger partial charge in [-0.1, -0.05) is 19.9 Å². The van der Waals surface area contributed by atoms with Crippen LogP contribution in [0.5, 0.6) is 0 Å². The highest BCUT2D eigenvalue weighted by Gasteiger charge is 2.22. The lowest BCUT2D eigenvalue weighted by molar-refractivity contribution is 0.102. The van der Waals surface area contributed by atoms with Crippen molar-refractivity contribution in [1.82, 2.24) is 29.5 Å². The minimum atomic E-state index is -0.245. The van der Waals surface area contributed by atoms with E-state index in [4.69, 9.17) is 0 Å². The van der Waals surface area contributed by atoms with Crippen LogP contribution in [0.15, 0.2) is 67.4 Å². The summed E-state index contributed by atoms with van der Waals surface area (Å²) < 4.78 is 3.48. The van der Waals surface area contributed by atoms with Crippen LogP contribution in [0.1, 0.15) is 41.4 Å². The van der Waals surface area contributed by atoms with E-state index in [0.717, 1.165) is 11.3 Å². The summed E-state index contributed by atoms with van der Waals surface area (Å²) in [5, 5.41) is 11.7. The zero-order valence-electron chi connectivity index (χ0n) is 16.2. The molecule has 146 valence electrons. The summed E-state index contributed by atoms with van der Waals surface area (Å²) in [6.07, 6.45) is 8.60. The van der Waals surface area contributed by atoms with E-state index >= 15 is 0 Å². The van der Waals surface area contributed by atoms with Crippen LogP contribution >= 0.6 is 0 Å². The molecule has 0 aliphatic rings. The van der Waals surface area contributed by atoms with Gasteiger partial charge in [-0.2, -0.15) is 10.2 Å². The standard InChI is InChI=1S/C21H21N7O/c1-15(2)20-17(13-24-28(20)19-5-3-4-9-23-19)21(29)25-18-8-12-27(26-18)14-16-6-10-22-11-7-16/h3-13,15H,14H2,1-2H3,(H,25,26,29). The maximum atomic E-state index is 12.9. The van der Waals surface area contributed by atoms with E-state index in [1.807, 2.05) is 50.4 Å². The van der Waals surface area contributed by atoms with Gasteiger partial charge in [-0.05, 0) is 35.7 Å². The van der Waals surface area contributed by atoms with Crippen molar-refractivity contribution in [2.45, 2.75) is 26.3 Å². The quantitative estimate of drug-likeness (QED) is 0.548. The first-order valence-corrected chi connectivity index (χ1v) is 9.35. The lowest BCUT2D eigenvalue weighted by Gasteiger charge is -2.11. The number of rotatable bonds is 6. The van der Waals surface area contributed by atoms with Crippen molar-refractivity contribution in [3.63, 3.8) is 0 Å². The molecule has 0 saturated heterocycles. The summed E-state index contributed by atoms with van der Waals surface area (Å²) in [5.41, 5.74) is 2.39. The van der Waals surface area contributed by atoms with E-state index in [-0.39, 0.29) is 11.8 Å². The number of nitrogens with zero attached hydrogens (tertiary/aromatic N) is 6. The van der Waals surface area contributed by atoms with Gasteiger partial charge in [-0.3, -0.25) is 14.5 Å². The average Bonchev–Trinajstić information content (AvgIpc) is 3.36. The van der Waals surface area contributed by atoms with Crippen molar-refractivity contribution in [3.05, 3.63) is 84.2 Å². The van der Waals surface area contributed by atoms with Crippen LogP contribution in [0.4, 0.5) is 5.82 Å². The van der Waals surface area contributed by atoms with E-state index in [1.54, 1.807) is 40.2 Å². The van der Waals surface area contributed by atoms with Crippen molar-refractivity contribution in [2.24, 2.45) is 0 Å². The van der Waals surface area contributed by atoms with Crippen molar-refractivity contribution >= 4 is 11.7 Å². The molecule has 0 unspecified atom stereocenters. The molecule has 1 amide bonds. The fraction of sp³-hybridized carbons (Fsp3) is 0.190. The summed E-state index contributed by atoms with van der Waals surface area (Å²) in [5.74, 6) is 1.01. The largest absolute Gasteiger partial charge is 0.305 e. The topological polar surface area (TPSA) is 90.5 Å². The summed E-state index contributed by atoms with van der Waals surface area (Å²) in [6, 6.07) is 11.2. The molecule has 8 heteroatoms. The number of anilines is 1. The van der Waals surface area contributed by atoms with E-state index in [0.29, 0.717) is 23.7 Å². The molecule has 0 aromatic carbocycles. The van der Waals surface area contributed by atoms with Crippen LogP contribution in [-0.4, -0.2) is 35.4 Å². The van der Waals surface area contributed by atoms with Crippen molar-refractivity contribution in [1.29, 1.82) is 0 Å². The van der Waals surface area contributed by atoms with Gasteiger partial charge < -0.3 is 5.32 Å². The van der Waals surface area contributed by atoms with Crippen molar-refractivity contribution < 1.29 is 4.79 Å². The highest BCUT2D eigenvalue weighted by atomic mass is 16.1. The Labute approximate surface area is 168 Å². The summed E-state index contributed by atoms with van der Waals surface area (Å²) in [6.45, 7) is 4.65. The molecule has 4 rings (SSSR count). The Kier molecular flexibility index (Phi) is 5.15. The van der Waals surface area contributed by atoms with Crippen molar-refractivity contribution in [3.8, 4) is 5.82 Å². The fourth-order valence-electron chi connectivity index (χ4n) is 3.13. The molecule has 0 aliphatic carbocycles. The molecule has 0 bridgehead atoms. The minimum Gasteiger partial charge on any atom is -0.305 e. The highest BCUT2D eigenvalue weighted by molar-refractivity contribution is 6.04. The van der Waals surface area contributed by atoms with Crippen molar-refractivity contribution in [2.75, 3.05) is 5.32 Å². The van der Waals surface area contributed by atoms with Crippen LogP contribution in [0.2, 0.25) is 0 Å². The number of carbonyl (C=O) groups excluding carboxylic acids is 1. The molecule has 0 aliphatic heterocycles. The monoisotopic (exact) mass is 387 g/mol. The number of carbonyl (C=O) groups is 1. The van der Waals surface area contributed by atoms with Gasteiger partial charge in [0, 0.05) is 30.9 Å². The lowest BCUT2D eigenvalue weighted by Crippen LogP contribution is -2.16. The third-order valence-electron chi connectivity index (χ3n) is 4.44. The second-order valence-corrected chi connectivity index (χ2v) is 6.91. The molecule has 1 N–H and O–H groups in total. The average molecular weight is 387 g/mol. The predicted molar refractivity (Wildman–Crippen MR) is 109 cm³/mol. The van der Waals surface area contributed by atoms with E-state index < -0.39 is 0 Å². The first kappa shape index (κ1) is 18.5. The molecule has 0 fully saturated rings. The molecular formula is C21H21N7O. The molecular weight excluding hydrogens is 366 g/mol. The fourth-order valence-corrected chi connectivity index (χ4v) is 3.13. The zero-order chi connectivity index (χ0) is 20.2. The van der Waals surface area contributed by atoms with Gasteiger partial charge in [0.15, 0.2) is 11.6 Å². The Hall–Kier alpha value is -3.81. The molecule has 0 atom stereocenters. The third kappa shape index (κ3) is 4.06. The van der Waals surface area contributed by atoms with Gasteiger partial charge in [0.1, 0.15) is 0 Å². The number of nitrogens with one attached hydrogen (secondary N) is 1. The van der Waals surface area contributed by atoms with Crippen LogP contribution in [0, 0.1) is 0 Å². The number of hydrogen-bond acceptors (Lipinski definition) is 5. The maximum absolute atomic E-state index is 12.9. The first-order valence-electron chi connectivity index (χ1n) is 9.35. The Morgan fingerprint density at radius 2 is 1.93 bits per heavy atom. The normalized spacial score (nSPS) is 11.0. The Balaban J connectivity index is 1.54. The van der Waals surface area contributed by atoms with E-state index in [2.05, 4.69) is 25.5 Å². The van der Waals surface area contributed by atoms with Gasteiger partial charge >= 0.3 is 0 Å². The highest BCUT2D eigenvalue weighted by Crippen LogP contribution is 2.23. The van der Waals surface area contributed by atoms with Gasteiger partial charge in [0.05, 0.1) is 24.0 Å². The van der Waals surface area contributed by atoms with Crippen LogP contribution < -0.4 is 5.32 Å². The minimum absolute atomic E-state index is 0.0875. The molecule has 4 aromatic heterocycles. The molecule has 0 spiro atoms. The molecule has 4 heterocycles.